The first-order chi connectivity index (χ1) is 15.6. The molecule has 1 aliphatic heterocycles. The zero-order chi connectivity index (χ0) is 24.1. The fourth-order valence-corrected chi connectivity index (χ4v) is 4.96. The Morgan fingerprint density at radius 1 is 1.09 bits per heavy atom. The number of nitrogens with zero attached hydrogens (tertiary/aromatic N) is 1. The van der Waals surface area contributed by atoms with Crippen LogP contribution < -0.4 is 10.0 Å². The van der Waals surface area contributed by atoms with E-state index >= 15 is 0 Å². The zero-order valence-corrected chi connectivity index (χ0v) is 19.2. The van der Waals surface area contributed by atoms with Crippen molar-refractivity contribution in [2.45, 2.75) is 44.9 Å². The topological polar surface area (TPSA) is 78.5 Å². The lowest BCUT2D eigenvalue weighted by molar-refractivity contribution is -0.137. The van der Waals surface area contributed by atoms with Crippen molar-refractivity contribution in [3.63, 3.8) is 0 Å². The quantitative estimate of drug-likeness (QED) is 0.589. The van der Waals surface area contributed by atoms with Gasteiger partial charge >= 0.3 is 6.18 Å². The molecule has 1 fully saturated rings. The molecule has 1 heterocycles. The van der Waals surface area contributed by atoms with Gasteiger partial charge in [-0.2, -0.15) is 13.2 Å². The Hall–Kier alpha value is -2.59. The lowest BCUT2D eigenvalue weighted by Crippen LogP contribution is -2.44. The Kier molecular flexibility index (Phi) is 8.01. The van der Waals surface area contributed by atoms with Crippen molar-refractivity contribution in [1.29, 1.82) is 0 Å². The van der Waals surface area contributed by atoms with Crippen LogP contribution in [-0.2, 0) is 22.7 Å². The standard InChI is InChI=1S/C23H28F3N3O3S/c1-2-13-33(31,32)28-21-8-4-6-18(15-21)22(30)27-20-9-11-29(12-10-20)16-17-5-3-7-19(14-17)23(24,25)26/h3-8,14-15,20,28H,2,9-13,16H2,1H3,(H,27,30). The van der Waals surface area contributed by atoms with E-state index in [-0.39, 0.29) is 17.7 Å². The molecular formula is C23H28F3N3O3S. The molecule has 10 heteroatoms. The predicted octanol–water partition coefficient (Wildman–Crippen LogP) is 4.25. The van der Waals surface area contributed by atoms with Crippen LogP contribution in [0.25, 0.3) is 0 Å². The van der Waals surface area contributed by atoms with Crippen LogP contribution in [-0.4, -0.2) is 44.1 Å². The second-order valence-electron chi connectivity index (χ2n) is 8.22. The van der Waals surface area contributed by atoms with E-state index in [1.54, 1.807) is 31.2 Å². The molecule has 0 bridgehead atoms. The fraction of sp³-hybridized carbons (Fsp3) is 0.435. The summed E-state index contributed by atoms with van der Waals surface area (Å²) in [6.07, 6.45) is -2.52. The molecule has 6 nitrogen and oxygen atoms in total. The van der Waals surface area contributed by atoms with Crippen LogP contribution >= 0.6 is 0 Å². The summed E-state index contributed by atoms with van der Waals surface area (Å²) in [5.41, 5.74) is 0.654. The second kappa shape index (κ2) is 10.6. The number of rotatable bonds is 8. The van der Waals surface area contributed by atoms with Gasteiger partial charge in [-0.05, 0) is 49.1 Å². The number of nitrogens with one attached hydrogen (secondary N) is 2. The smallest absolute Gasteiger partial charge is 0.349 e. The normalized spacial score (nSPS) is 15.9. The highest BCUT2D eigenvalue weighted by Gasteiger charge is 2.30. The Morgan fingerprint density at radius 2 is 1.79 bits per heavy atom. The third kappa shape index (κ3) is 7.46. The summed E-state index contributed by atoms with van der Waals surface area (Å²) in [5.74, 6) is -0.287. The van der Waals surface area contributed by atoms with E-state index in [2.05, 4.69) is 14.9 Å². The SMILES string of the molecule is CCCS(=O)(=O)Nc1cccc(C(=O)NC2CCN(Cc3cccc(C(F)(F)F)c3)CC2)c1. The first-order valence-corrected chi connectivity index (χ1v) is 12.5. The number of amides is 1. The largest absolute Gasteiger partial charge is 0.416 e. The Labute approximate surface area is 192 Å². The van der Waals surface area contributed by atoms with Crippen molar-refractivity contribution in [1.82, 2.24) is 10.2 Å². The molecule has 2 N–H and O–H groups in total. The summed E-state index contributed by atoms with van der Waals surface area (Å²) in [5, 5.41) is 2.97. The summed E-state index contributed by atoms with van der Waals surface area (Å²) in [6, 6.07) is 11.6. The van der Waals surface area contributed by atoms with Gasteiger partial charge in [0.25, 0.3) is 5.91 Å². The van der Waals surface area contributed by atoms with Crippen molar-refractivity contribution in [2.24, 2.45) is 0 Å². The van der Waals surface area contributed by atoms with Gasteiger partial charge in [-0.1, -0.05) is 31.2 Å². The van der Waals surface area contributed by atoms with Gasteiger partial charge in [-0.15, -0.1) is 0 Å². The van der Waals surface area contributed by atoms with Gasteiger partial charge in [0.2, 0.25) is 10.0 Å². The lowest BCUT2D eigenvalue weighted by atomic mass is 10.0. The summed E-state index contributed by atoms with van der Waals surface area (Å²) in [7, 11) is -3.45. The molecular weight excluding hydrogens is 455 g/mol. The maximum Gasteiger partial charge on any atom is 0.416 e. The highest BCUT2D eigenvalue weighted by molar-refractivity contribution is 7.92. The number of hydrogen-bond acceptors (Lipinski definition) is 4. The van der Waals surface area contributed by atoms with E-state index in [1.165, 1.54) is 18.2 Å². The van der Waals surface area contributed by atoms with Gasteiger partial charge < -0.3 is 5.32 Å². The Bertz CT molecular complexity index is 1070. The number of likely N-dealkylation sites (tertiary alicyclic amines) is 1. The van der Waals surface area contributed by atoms with E-state index in [0.717, 1.165) is 6.07 Å². The van der Waals surface area contributed by atoms with Gasteiger partial charge in [0.1, 0.15) is 0 Å². The van der Waals surface area contributed by atoms with Gasteiger partial charge in [-0.25, -0.2) is 8.42 Å². The van der Waals surface area contributed by atoms with Gasteiger partial charge in [0.05, 0.1) is 11.3 Å². The van der Waals surface area contributed by atoms with E-state index in [4.69, 9.17) is 0 Å². The van der Waals surface area contributed by atoms with Crippen molar-refractivity contribution in [3.8, 4) is 0 Å². The summed E-state index contributed by atoms with van der Waals surface area (Å²) < 4.78 is 65.1. The average molecular weight is 484 g/mol. The third-order valence-corrected chi connectivity index (χ3v) is 6.95. The van der Waals surface area contributed by atoms with Crippen molar-refractivity contribution in [3.05, 3.63) is 65.2 Å². The molecule has 2 aromatic carbocycles. The molecule has 0 atom stereocenters. The molecule has 3 rings (SSSR count). The number of halogens is 3. The molecule has 0 aliphatic carbocycles. The van der Waals surface area contributed by atoms with E-state index in [1.807, 2.05) is 0 Å². The van der Waals surface area contributed by atoms with E-state index < -0.39 is 21.8 Å². The highest BCUT2D eigenvalue weighted by atomic mass is 32.2. The highest BCUT2D eigenvalue weighted by Crippen LogP contribution is 2.30. The van der Waals surface area contributed by atoms with Gasteiger partial charge in [0, 0.05) is 36.9 Å². The van der Waals surface area contributed by atoms with Crippen LogP contribution in [0.15, 0.2) is 48.5 Å². The van der Waals surface area contributed by atoms with Crippen molar-refractivity contribution in [2.75, 3.05) is 23.6 Å². The van der Waals surface area contributed by atoms with Crippen LogP contribution in [0.1, 0.15) is 47.7 Å². The monoisotopic (exact) mass is 483 g/mol. The number of carbonyl (C=O) groups is 1. The summed E-state index contributed by atoms with van der Waals surface area (Å²) in [6.45, 7) is 3.49. The van der Waals surface area contributed by atoms with Gasteiger partial charge in [0.15, 0.2) is 0 Å². The third-order valence-electron chi connectivity index (χ3n) is 5.45. The lowest BCUT2D eigenvalue weighted by Gasteiger charge is -2.32. The molecule has 33 heavy (non-hydrogen) atoms. The average Bonchev–Trinajstić information content (AvgIpc) is 2.74. The van der Waals surface area contributed by atoms with Crippen LogP contribution in [0.4, 0.5) is 18.9 Å². The molecule has 0 radical (unpaired) electrons. The van der Waals surface area contributed by atoms with Gasteiger partial charge in [-0.3, -0.25) is 14.4 Å². The first kappa shape index (κ1) is 25.0. The number of hydrogen-bond donors (Lipinski definition) is 2. The van der Waals surface area contributed by atoms with Crippen molar-refractivity contribution >= 4 is 21.6 Å². The van der Waals surface area contributed by atoms with E-state index in [9.17, 15) is 26.4 Å². The van der Waals surface area contributed by atoms with Crippen molar-refractivity contribution < 1.29 is 26.4 Å². The first-order valence-electron chi connectivity index (χ1n) is 10.9. The molecule has 1 amide bonds. The Balaban J connectivity index is 1.52. The maximum absolute atomic E-state index is 12.9. The summed E-state index contributed by atoms with van der Waals surface area (Å²) in [4.78, 5) is 14.7. The molecule has 0 aromatic heterocycles. The molecule has 2 aromatic rings. The fourth-order valence-electron chi connectivity index (χ4n) is 3.83. The minimum atomic E-state index is -4.36. The number of alkyl halides is 3. The minimum absolute atomic E-state index is 0.00248. The predicted molar refractivity (Wildman–Crippen MR) is 121 cm³/mol. The van der Waals surface area contributed by atoms with Crippen LogP contribution in [0, 0.1) is 0 Å². The molecule has 180 valence electrons. The second-order valence-corrected chi connectivity index (χ2v) is 10.1. The number of carbonyl (C=O) groups excluding carboxylic acids is 1. The number of sulfonamides is 1. The van der Waals surface area contributed by atoms with Crippen LogP contribution in [0.3, 0.4) is 0 Å². The van der Waals surface area contributed by atoms with Crippen LogP contribution in [0.5, 0.6) is 0 Å². The maximum atomic E-state index is 12.9. The summed E-state index contributed by atoms with van der Waals surface area (Å²) >= 11 is 0. The molecule has 0 unspecified atom stereocenters. The number of benzene rings is 2. The molecule has 0 spiro atoms. The number of anilines is 1. The zero-order valence-electron chi connectivity index (χ0n) is 18.4. The molecule has 1 aliphatic rings. The number of piperidine rings is 1. The van der Waals surface area contributed by atoms with E-state index in [0.29, 0.717) is 55.7 Å². The molecule has 1 saturated heterocycles. The van der Waals surface area contributed by atoms with Crippen LogP contribution in [0.2, 0.25) is 0 Å². The molecule has 0 saturated carbocycles. The Morgan fingerprint density at radius 3 is 2.45 bits per heavy atom. The minimum Gasteiger partial charge on any atom is -0.349 e.